The molecule has 0 radical (unpaired) electrons. The number of carbonyl (C=O) groups excluding carboxylic acids is 2. The fourth-order valence-corrected chi connectivity index (χ4v) is 4.12. The van der Waals surface area contributed by atoms with Gasteiger partial charge in [-0.15, -0.1) is 11.3 Å². The summed E-state index contributed by atoms with van der Waals surface area (Å²) >= 11 is 1.41. The summed E-state index contributed by atoms with van der Waals surface area (Å²) in [4.78, 5) is 31.7. The summed E-state index contributed by atoms with van der Waals surface area (Å²) in [6, 6.07) is 0.267. The zero-order valence-corrected chi connectivity index (χ0v) is 14.4. The topological polar surface area (TPSA) is 71.5 Å². The fraction of sp³-hybridized carbons (Fsp3) is 0.688. The van der Waals surface area contributed by atoms with Crippen LogP contribution in [0.25, 0.3) is 0 Å². The minimum atomic E-state index is -0.567. The Bertz CT molecular complexity index is 595. The van der Waals surface area contributed by atoms with Gasteiger partial charge in [0.25, 0.3) is 11.8 Å². The number of nitrogens with zero attached hydrogens (tertiary/aromatic N) is 2. The third kappa shape index (κ3) is 3.72. The average molecular weight is 337 g/mol. The van der Waals surface area contributed by atoms with Crippen molar-refractivity contribution >= 4 is 23.2 Å². The number of ether oxygens (including phenoxy) is 1. The Labute approximate surface area is 140 Å². The zero-order chi connectivity index (χ0) is 16.4. The number of rotatable bonds is 3. The van der Waals surface area contributed by atoms with Crippen LogP contribution in [0.4, 0.5) is 0 Å². The molecular formula is C16H23N3O3S. The molecule has 1 saturated carbocycles. The molecule has 2 amide bonds. The largest absolute Gasteiger partial charge is 0.365 e. The van der Waals surface area contributed by atoms with E-state index in [0.717, 1.165) is 23.5 Å². The van der Waals surface area contributed by atoms with Crippen LogP contribution in [0, 0.1) is 13.8 Å². The third-order valence-corrected chi connectivity index (χ3v) is 5.51. The summed E-state index contributed by atoms with van der Waals surface area (Å²) in [5.41, 5.74) is 0.760. The molecule has 0 aromatic carbocycles. The van der Waals surface area contributed by atoms with Gasteiger partial charge in [-0.3, -0.25) is 9.59 Å². The number of hydrogen-bond donors (Lipinski definition) is 1. The molecule has 0 unspecified atom stereocenters. The van der Waals surface area contributed by atoms with Crippen molar-refractivity contribution in [2.45, 2.75) is 51.7 Å². The molecule has 1 N–H and O–H groups in total. The average Bonchev–Trinajstić information content (AvgIpc) is 3.16. The van der Waals surface area contributed by atoms with E-state index in [-0.39, 0.29) is 17.9 Å². The zero-order valence-electron chi connectivity index (χ0n) is 13.6. The number of thiazole rings is 1. The van der Waals surface area contributed by atoms with Crippen molar-refractivity contribution in [3.05, 3.63) is 15.6 Å². The van der Waals surface area contributed by atoms with Crippen LogP contribution in [0.15, 0.2) is 0 Å². The summed E-state index contributed by atoms with van der Waals surface area (Å²) in [5.74, 6) is -0.137. The van der Waals surface area contributed by atoms with Gasteiger partial charge in [0.05, 0.1) is 23.9 Å². The number of aromatic nitrogens is 1. The van der Waals surface area contributed by atoms with E-state index in [2.05, 4.69) is 10.3 Å². The van der Waals surface area contributed by atoms with Crippen LogP contribution in [0.5, 0.6) is 0 Å². The second-order valence-electron chi connectivity index (χ2n) is 6.25. The molecule has 1 aliphatic heterocycles. The van der Waals surface area contributed by atoms with E-state index in [1.54, 1.807) is 4.90 Å². The molecule has 1 aromatic heterocycles. The first-order valence-electron chi connectivity index (χ1n) is 8.20. The summed E-state index contributed by atoms with van der Waals surface area (Å²) in [6.07, 6.45) is 3.86. The number of aryl methyl sites for hydroxylation is 2. The van der Waals surface area contributed by atoms with Gasteiger partial charge in [0, 0.05) is 12.6 Å². The van der Waals surface area contributed by atoms with Crippen LogP contribution in [0.1, 0.15) is 46.1 Å². The van der Waals surface area contributed by atoms with E-state index in [4.69, 9.17) is 4.74 Å². The predicted octanol–water partition coefficient (Wildman–Crippen LogP) is 1.66. The quantitative estimate of drug-likeness (QED) is 0.910. The van der Waals surface area contributed by atoms with Gasteiger partial charge >= 0.3 is 0 Å². The Hall–Kier alpha value is -1.47. The number of nitrogens with one attached hydrogen (secondary N) is 1. The molecule has 23 heavy (non-hydrogen) atoms. The Morgan fingerprint density at radius 3 is 2.70 bits per heavy atom. The Morgan fingerprint density at radius 2 is 2.04 bits per heavy atom. The van der Waals surface area contributed by atoms with Gasteiger partial charge in [0.2, 0.25) is 0 Å². The number of morpholine rings is 1. The molecule has 2 fully saturated rings. The number of amides is 2. The van der Waals surface area contributed by atoms with E-state index < -0.39 is 6.10 Å². The molecule has 2 heterocycles. The van der Waals surface area contributed by atoms with Crippen LogP contribution in [-0.2, 0) is 9.53 Å². The Morgan fingerprint density at radius 1 is 1.30 bits per heavy atom. The molecule has 0 bridgehead atoms. The lowest BCUT2D eigenvalue weighted by Crippen LogP contribution is -2.52. The van der Waals surface area contributed by atoms with Crippen molar-refractivity contribution in [1.29, 1.82) is 0 Å². The molecular weight excluding hydrogens is 314 g/mol. The highest BCUT2D eigenvalue weighted by Crippen LogP contribution is 2.21. The molecule has 6 nitrogen and oxygen atoms in total. The molecule has 2 aliphatic rings. The van der Waals surface area contributed by atoms with Gasteiger partial charge in [0.15, 0.2) is 6.10 Å². The lowest BCUT2D eigenvalue weighted by Gasteiger charge is -2.32. The van der Waals surface area contributed by atoms with Gasteiger partial charge in [-0.2, -0.15) is 0 Å². The predicted molar refractivity (Wildman–Crippen MR) is 87.6 cm³/mol. The summed E-state index contributed by atoms with van der Waals surface area (Å²) in [6.45, 7) is 4.97. The fourth-order valence-electron chi connectivity index (χ4n) is 3.23. The lowest BCUT2D eigenvalue weighted by molar-refractivity contribution is -0.137. The molecule has 126 valence electrons. The van der Waals surface area contributed by atoms with E-state index in [1.807, 2.05) is 13.8 Å². The van der Waals surface area contributed by atoms with Crippen LogP contribution in [0.2, 0.25) is 0 Å². The first kappa shape index (κ1) is 16.4. The van der Waals surface area contributed by atoms with Crippen molar-refractivity contribution in [1.82, 2.24) is 15.2 Å². The minimum Gasteiger partial charge on any atom is -0.365 e. The van der Waals surface area contributed by atoms with Crippen molar-refractivity contribution < 1.29 is 14.3 Å². The molecule has 1 aromatic rings. The third-order valence-electron chi connectivity index (χ3n) is 4.45. The number of hydrogen-bond acceptors (Lipinski definition) is 5. The van der Waals surface area contributed by atoms with E-state index in [0.29, 0.717) is 24.6 Å². The maximum Gasteiger partial charge on any atom is 0.266 e. The highest BCUT2D eigenvalue weighted by molar-refractivity contribution is 7.13. The maximum atomic E-state index is 12.7. The van der Waals surface area contributed by atoms with Crippen molar-refractivity contribution in [2.24, 2.45) is 0 Å². The minimum absolute atomic E-state index is 0.0462. The highest BCUT2D eigenvalue weighted by Gasteiger charge is 2.32. The Kier molecular flexibility index (Phi) is 4.96. The van der Waals surface area contributed by atoms with Crippen molar-refractivity contribution in [3.63, 3.8) is 0 Å². The van der Waals surface area contributed by atoms with Gasteiger partial charge in [-0.25, -0.2) is 4.98 Å². The van der Waals surface area contributed by atoms with Gasteiger partial charge in [-0.1, -0.05) is 12.8 Å². The second kappa shape index (κ2) is 6.97. The molecule has 1 atom stereocenters. The normalized spacial score (nSPS) is 22.3. The molecule has 3 rings (SSSR count). The lowest BCUT2D eigenvalue weighted by atomic mass is 10.2. The van der Waals surface area contributed by atoms with E-state index >= 15 is 0 Å². The van der Waals surface area contributed by atoms with Gasteiger partial charge in [-0.05, 0) is 26.7 Å². The molecule has 7 heteroatoms. The smallest absolute Gasteiger partial charge is 0.266 e. The summed E-state index contributed by atoms with van der Waals surface area (Å²) < 4.78 is 5.58. The standard InChI is InChI=1S/C16H23N3O3S/c1-10-14(23-11(2)17-10)16(21)19-7-8-22-13(9-19)15(20)18-12-5-3-4-6-12/h12-13H,3-9H2,1-2H3,(H,18,20)/t13-/m1/s1. The Balaban J connectivity index is 1.62. The van der Waals surface area contributed by atoms with Crippen molar-refractivity contribution in [2.75, 3.05) is 19.7 Å². The van der Waals surface area contributed by atoms with Crippen LogP contribution < -0.4 is 5.32 Å². The van der Waals surface area contributed by atoms with E-state index in [1.165, 1.54) is 24.2 Å². The van der Waals surface area contributed by atoms with Gasteiger partial charge in [0.1, 0.15) is 4.88 Å². The monoisotopic (exact) mass is 337 g/mol. The highest BCUT2D eigenvalue weighted by atomic mass is 32.1. The van der Waals surface area contributed by atoms with E-state index in [9.17, 15) is 9.59 Å². The first-order valence-corrected chi connectivity index (χ1v) is 9.01. The first-order chi connectivity index (χ1) is 11.0. The van der Waals surface area contributed by atoms with Crippen molar-refractivity contribution in [3.8, 4) is 0 Å². The summed E-state index contributed by atoms with van der Waals surface area (Å²) in [7, 11) is 0. The molecule has 0 spiro atoms. The van der Waals surface area contributed by atoms with Crippen LogP contribution in [0.3, 0.4) is 0 Å². The SMILES string of the molecule is Cc1nc(C)c(C(=O)N2CCO[C@@H](C(=O)NC3CCCC3)C2)s1. The molecule has 1 aliphatic carbocycles. The van der Waals surface area contributed by atoms with Crippen LogP contribution in [-0.4, -0.2) is 53.5 Å². The number of carbonyl (C=O) groups is 2. The van der Waals surface area contributed by atoms with Gasteiger partial charge < -0.3 is 15.0 Å². The maximum absolute atomic E-state index is 12.7. The second-order valence-corrected chi connectivity index (χ2v) is 7.45. The summed E-state index contributed by atoms with van der Waals surface area (Å²) in [5, 5.41) is 3.94. The van der Waals surface area contributed by atoms with Crippen LogP contribution >= 0.6 is 11.3 Å². The molecule has 1 saturated heterocycles.